The Bertz CT molecular complexity index is 736. The molecule has 0 saturated carbocycles. The summed E-state index contributed by atoms with van der Waals surface area (Å²) in [4.78, 5) is 25.7. The molecule has 1 aromatic heterocycles. The third kappa shape index (κ3) is 1.96. The van der Waals surface area contributed by atoms with E-state index >= 15 is 0 Å². The molecule has 1 aliphatic heterocycles. The van der Waals surface area contributed by atoms with Crippen LogP contribution in [0.1, 0.15) is 21.6 Å². The second-order valence-electron chi connectivity index (χ2n) is 4.82. The molecule has 0 unspecified atom stereocenters. The minimum absolute atomic E-state index is 0.306. The first-order valence-electron chi connectivity index (χ1n) is 6.12. The Morgan fingerprint density at radius 2 is 2.05 bits per heavy atom. The lowest BCUT2D eigenvalue weighted by atomic mass is 10.1. The van der Waals surface area contributed by atoms with Gasteiger partial charge < -0.3 is 0 Å². The largest absolute Gasteiger partial charge is 0.299 e. The molecule has 2 heterocycles. The fourth-order valence-corrected chi connectivity index (χ4v) is 3.04. The molecule has 20 heavy (non-hydrogen) atoms. The lowest BCUT2D eigenvalue weighted by Gasteiger charge is -2.17. The summed E-state index contributed by atoms with van der Waals surface area (Å²) in [5, 5.41) is 4.26. The van der Waals surface area contributed by atoms with Gasteiger partial charge in [0.2, 0.25) is 0 Å². The zero-order chi connectivity index (χ0) is 14.4. The predicted octanol–water partition coefficient (Wildman–Crippen LogP) is 2.22. The predicted molar refractivity (Wildman–Crippen MR) is 77.6 cm³/mol. The van der Waals surface area contributed by atoms with Gasteiger partial charge in [0.15, 0.2) is 0 Å². The molecule has 1 aromatic carbocycles. The summed E-state index contributed by atoms with van der Waals surface area (Å²) in [6.45, 7) is 2.20. The van der Waals surface area contributed by atoms with E-state index in [1.54, 1.807) is 10.7 Å². The van der Waals surface area contributed by atoms with Gasteiger partial charge in [-0.2, -0.15) is 5.10 Å². The number of aromatic nitrogens is 2. The summed E-state index contributed by atoms with van der Waals surface area (Å²) in [5.74, 6) is -0.952. The molecule has 0 N–H and O–H groups in total. The minimum atomic E-state index is -0.494. The molecule has 0 radical (unpaired) electrons. The highest BCUT2D eigenvalue weighted by atomic mass is 79.9. The topological polar surface area (TPSA) is 55.2 Å². The lowest BCUT2D eigenvalue weighted by Crippen LogP contribution is -2.29. The summed E-state index contributed by atoms with van der Waals surface area (Å²) in [6, 6.07) is 5.43. The molecular formula is C14H12BrN3O2. The van der Waals surface area contributed by atoms with E-state index in [9.17, 15) is 9.59 Å². The number of nitrogens with zero attached hydrogens (tertiary/aromatic N) is 3. The van der Waals surface area contributed by atoms with E-state index in [-0.39, 0.29) is 0 Å². The maximum Gasteiger partial charge on any atom is 0.299 e. The fourth-order valence-electron chi connectivity index (χ4n) is 2.47. The number of aryl methyl sites for hydroxylation is 2. The molecule has 102 valence electrons. The van der Waals surface area contributed by atoms with Gasteiger partial charge in [-0.25, -0.2) is 0 Å². The van der Waals surface area contributed by atoms with Gasteiger partial charge in [-0.15, -0.1) is 0 Å². The van der Waals surface area contributed by atoms with Crippen molar-refractivity contribution in [3.05, 3.63) is 45.7 Å². The zero-order valence-electron chi connectivity index (χ0n) is 11.1. The number of carbonyl (C=O) groups is 2. The van der Waals surface area contributed by atoms with Crippen LogP contribution in [0.5, 0.6) is 0 Å². The summed E-state index contributed by atoms with van der Waals surface area (Å²) >= 11 is 3.36. The second kappa shape index (κ2) is 4.56. The smallest absolute Gasteiger partial charge is 0.298 e. The van der Waals surface area contributed by atoms with Crippen LogP contribution in [-0.4, -0.2) is 21.5 Å². The Hall–Kier alpha value is -1.95. The number of ketones is 1. The van der Waals surface area contributed by atoms with E-state index in [4.69, 9.17) is 0 Å². The standard InChI is InChI=1S/C14H12BrN3O2/c1-8-5-9(15)6-11-12(8)18(14(20)13(11)19)7-10-3-4-17(2)16-10/h3-6H,7H2,1-2H3. The van der Waals surface area contributed by atoms with Crippen LogP contribution < -0.4 is 4.90 Å². The summed E-state index contributed by atoms with van der Waals surface area (Å²) in [5.41, 5.74) is 2.79. The molecule has 1 aliphatic rings. The molecule has 0 aliphatic carbocycles. The fraction of sp³-hybridized carbons (Fsp3) is 0.214. The Labute approximate surface area is 124 Å². The van der Waals surface area contributed by atoms with Gasteiger partial charge in [0.25, 0.3) is 11.7 Å². The normalized spacial score (nSPS) is 14.1. The molecule has 0 atom stereocenters. The van der Waals surface area contributed by atoms with Crippen molar-refractivity contribution in [1.82, 2.24) is 9.78 Å². The summed E-state index contributed by atoms with van der Waals surface area (Å²) < 4.78 is 2.47. The number of halogens is 1. The van der Waals surface area contributed by atoms with Crippen molar-refractivity contribution >= 4 is 33.3 Å². The molecule has 5 nitrogen and oxygen atoms in total. The number of hydrogen-bond donors (Lipinski definition) is 0. The number of anilines is 1. The first kappa shape index (κ1) is 13.1. The average Bonchev–Trinajstić information content (AvgIpc) is 2.88. The van der Waals surface area contributed by atoms with Crippen LogP contribution in [0.15, 0.2) is 28.9 Å². The number of amides is 1. The highest BCUT2D eigenvalue weighted by Gasteiger charge is 2.37. The Kier molecular flexibility index (Phi) is 2.97. The summed E-state index contributed by atoms with van der Waals surface area (Å²) in [6.07, 6.45) is 1.81. The van der Waals surface area contributed by atoms with E-state index in [2.05, 4.69) is 21.0 Å². The van der Waals surface area contributed by atoms with E-state index in [0.717, 1.165) is 15.7 Å². The average molecular weight is 334 g/mol. The second-order valence-corrected chi connectivity index (χ2v) is 5.74. The highest BCUT2D eigenvalue weighted by Crippen LogP contribution is 2.35. The van der Waals surface area contributed by atoms with E-state index in [0.29, 0.717) is 17.8 Å². The van der Waals surface area contributed by atoms with Crippen LogP contribution in [0, 0.1) is 6.92 Å². The van der Waals surface area contributed by atoms with Crippen molar-refractivity contribution in [1.29, 1.82) is 0 Å². The molecule has 0 spiro atoms. The van der Waals surface area contributed by atoms with Crippen molar-refractivity contribution in [3.63, 3.8) is 0 Å². The number of benzene rings is 1. The molecule has 2 aromatic rings. The Balaban J connectivity index is 2.06. The third-order valence-electron chi connectivity index (χ3n) is 3.31. The number of carbonyl (C=O) groups excluding carboxylic acids is 2. The maximum absolute atomic E-state index is 12.2. The Morgan fingerprint density at radius 3 is 2.70 bits per heavy atom. The number of fused-ring (bicyclic) bond motifs is 1. The van der Waals surface area contributed by atoms with Crippen molar-refractivity contribution in [2.24, 2.45) is 7.05 Å². The SMILES string of the molecule is Cc1cc(Br)cc2c1N(Cc1ccn(C)n1)C(=O)C2=O. The van der Waals surface area contributed by atoms with Crippen molar-refractivity contribution in [2.45, 2.75) is 13.5 Å². The highest BCUT2D eigenvalue weighted by molar-refractivity contribution is 9.10. The van der Waals surface area contributed by atoms with Crippen LogP contribution in [0.25, 0.3) is 0 Å². The van der Waals surface area contributed by atoms with Gasteiger partial charge in [0.05, 0.1) is 23.5 Å². The molecule has 1 amide bonds. The Morgan fingerprint density at radius 1 is 1.30 bits per heavy atom. The molecule has 0 bridgehead atoms. The van der Waals surface area contributed by atoms with Crippen LogP contribution >= 0.6 is 15.9 Å². The zero-order valence-corrected chi connectivity index (χ0v) is 12.6. The molecule has 0 saturated heterocycles. The van der Waals surface area contributed by atoms with E-state index in [1.165, 1.54) is 4.90 Å². The van der Waals surface area contributed by atoms with Crippen LogP contribution in [-0.2, 0) is 18.4 Å². The molecule has 3 rings (SSSR count). The van der Waals surface area contributed by atoms with Crippen molar-refractivity contribution < 1.29 is 9.59 Å². The molecule has 0 fully saturated rings. The van der Waals surface area contributed by atoms with Crippen LogP contribution in [0.4, 0.5) is 5.69 Å². The summed E-state index contributed by atoms with van der Waals surface area (Å²) in [7, 11) is 1.82. The van der Waals surface area contributed by atoms with Crippen molar-refractivity contribution in [3.8, 4) is 0 Å². The van der Waals surface area contributed by atoms with Gasteiger partial charge in [0, 0.05) is 17.7 Å². The number of Topliss-reactive ketones (excluding diaryl/α,β-unsaturated/α-hetero) is 1. The first-order valence-corrected chi connectivity index (χ1v) is 6.91. The lowest BCUT2D eigenvalue weighted by molar-refractivity contribution is -0.114. The van der Waals surface area contributed by atoms with Crippen LogP contribution in [0.3, 0.4) is 0 Å². The van der Waals surface area contributed by atoms with Gasteiger partial charge in [0.1, 0.15) is 0 Å². The molecule has 6 heteroatoms. The van der Waals surface area contributed by atoms with Gasteiger partial charge in [-0.05, 0) is 30.7 Å². The minimum Gasteiger partial charge on any atom is -0.298 e. The number of rotatable bonds is 2. The van der Waals surface area contributed by atoms with Gasteiger partial charge >= 0.3 is 0 Å². The maximum atomic E-state index is 12.2. The van der Waals surface area contributed by atoms with Crippen molar-refractivity contribution in [2.75, 3.05) is 4.90 Å². The van der Waals surface area contributed by atoms with Crippen LogP contribution in [0.2, 0.25) is 0 Å². The first-order chi connectivity index (χ1) is 9.47. The quantitative estimate of drug-likeness (QED) is 0.792. The molecular weight excluding hydrogens is 322 g/mol. The monoisotopic (exact) mass is 333 g/mol. The third-order valence-corrected chi connectivity index (χ3v) is 3.77. The van der Waals surface area contributed by atoms with E-state index in [1.807, 2.05) is 32.3 Å². The van der Waals surface area contributed by atoms with Gasteiger partial charge in [-0.3, -0.25) is 19.2 Å². The number of hydrogen-bond acceptors (Lipinski definition) is 3. The van der Waals surface area contributed by atoms with Gasteiger partial charge in [-0.1, -0.05) is 15.9 Å². The van der Waals surface area contributed by atoms with E-state index < -0.39 is 11.7 Å².